The van der Waals surface area contributed by atoms with E-state index in [1.807, 2.05) is 10.7 Å². The molecule has 1 N–H and O–H groups in total. The Bertz CT molecular complexity index is 1170. The number of fused-ring (bicyclic) bond motifs is 1. The van der Waals surface area contributed by atoms with E-state index in [0.717, 1.165) is 36.1 Å². The van der Waals surface area contributed by atoms with Crippen molar-refractivity contribution in [3.8, 4) is 0 Å². The Morgan fingerprint density at radius 1 is 1.16 bits per heavy atom. The second kappa shape index (κ2) is 8.30. The molecule has 1 unspecified atom stereocenters. The Labute approximate surface area is 184 Å². The summed E-state index contributed by atoms with van der Waals surface area (Å²) in [5, 5.41) is 8.62. The summed E-state index contributed by atoms with van der Waals surface area (Å²) in [6.07, 6.45) is 3.19. The van der Waals surface area contributed by atoms with Gasteiger partial charge in [0, 0.05) is 23.4 Å². The van der Waals surface area contributed by atoms with E-state index in [-0.39, 0.29) is 17.6 Å². The molecule has 0 fully saturated rings. The zero-order chi connectivity index (χ0) is 21.4. The molecule has 5 rings (SSSR count). The van der Waals surface area contributed by atoms with Gasteiger partial charge in [-0.3, -0.25) is 4.79 Å². The zero-order valence-corrected chi connectivity index (χ0v) is 18.1. The number of aryl methyl sites for hydroxylation is 1. The van der Waals surface area contributed by atoms with Crippen LogP contribution in [0.25, 0.3) is 0 Å². The number of thioether (sulfide) groups is 1. The van der Waals surface area contributed by atoms with Crippen LogP contribution in [0.3, 0.4) is 0 Å². The van der Waals surface area contributed by atoms with E-state index in [2.05, 4.69) is 41.5 Å². The highest BCUT2D eigenvalue weighted by atomic mass is 32.2. The van der Waals surface area contributed by atoms with E-state index in [4.69, 9.17) is 5.10 Å². The van der Waals surface area contributed by atoms with Crippen LogP contribution in [0, 0.1) is 5.82 Å². The van der Waals surface area contributed by atoms with Crippen molar-refractivity contribution in [1.29, 1.82) is 0 Å². The van der Waals surface area contributed by atoms with Gasteiger partial charge in [0.1, 0.15) is 11.9 Å². The molecule has 31 heavy (non-hydrogen) atoms. The van der Waals surface area contributed by atoms with Gasteiger partial charge in [-0.05, 0) is 42.0 Å². The number of carbonyl (C=O) groups excluding carboxylic acids is 1. The minimum absolute atomic E-state index is 0.167. The number of carbonyl (C=O) groups is 1. The van der Waals surface area contributed by atoms with Crippen LogP contribution in [0.1, 0.15) is 48.9 Å². The molecular weight excluding hydrogens is 411 g/mol. The van der Waals surface area contributed by atoms with Gasteiger partial charge >= 0.3 is 0 Å². The lowest BCUT2D eigenvalue weighted by molar-refractivity contribution is -0.116. The predicted molar refractivity (Wildman–Crippen MR) is 119 cm³/mol. The number of nitrogens with one attached hydrogen (secondary N) is 1. The van der Waals surface area contributed by atoms with Crippen molar-refractivity contribution in [3.63, 3.8) is 0 Å². The summed E-state index contributed by atoms with van der Waals surface area (Å²) >= 11 is 1.39. The monoisotopic (exact) mass is 434 g/mol. The molecular formula is C24H23FN4OS. The molecule has 0 saturated heterocycles. The van der Waals surface area contributed by atoms with Crippen LogP contribution in [-0.2, 0) is 17.0 Å². The molecule has 1 aromatic heterocycles. The molecule has 2 aliphatic rings. The minimum Gasteiger partial charge on any atom is -0.328 e. The first-order valence-corrected chi connectivity index (χ1v) is 11.6. The lowest BCUT2D eigenvalue weighted by atomic mass is 9.85. The van der Waals surface area contributed by atoms with Gasteiger partial charge in [0.2, 0.25) is 11.1 Å². The summed E-state index contributed by atoms with van der Waals surface area (Å²) in [6, 6.07) is 14.8. The summed E-state index contributed by atoms with van der Waals surface area (Å²) in [6.45, 7) is 2.12. The number of nitrogens with zero attached hydrogens (tertiary/aromatic N) is 3. The van der Waals surface area contributed by atoms with Gasteiger partial charge in [-0.25, -0.2) is 9.07 Å². The third-order valence-corrected chi connectivity index (χ3v) is 6.75. The Balaban J connectivity index is 1.50. The predicted octanol–water partition coefficient (Wildman–Crippen LogP) is 5.29. The zero-order valence-electron chi connectivity index (χ0n) is 17.3. The van der Waals surface area contributed by atoms with E-state index in [9.17, 15) is 9.18 Å². The van der Waals surface area contributed by atoms with Crippen LogP contribution in [0.4, 0.5) is 10.3 Å². The van der Waals surface area contributed by atoms with Gasteiger partial charge < -0.3 is 5.32 Å². The molecule has 0 bridgehead atoms. The largest absolute Gasteiger partial charge is 0.328 e. The van der Waals surface area contributed by atoms with E-state index >= 15 is 0 Å². The van der Waals surface area contributed by atoms with Crippen LogP contribution in [-0.4, -0.2) is 20.5 Å². The van der Waals surface area contributed by atoms with Gasteiger partial charge in [-0.2, -0.15) is 4.98 Å². The van der Waals surface area contributed by atoms with Crippen LogP contribution < -0.4 is 5.32 Å². The molecule has 0 saturated carbocycles. The highest BCUT2D eigenvalue weighted by Gasteiger charge is 2.36. The number of rotatable bonds is 5. The molecule has 0 radical (unpaired) electrons. The van der Waals surface area contributed by atoms with Crippen LogP contribution in [0.5, 0.6) is 0 Å². The van der Waals surface area contributed by atoms with Crippen molar-refractivity contribution in [3.05, 3.63) is 82.3 Å². The van der Waals surface area contributed by atoms with Crippen molar-refractivity contribution < 1.29 is 9.18 Å². The first-order valence-electron chi connectivity index (χ1n) is 10.6. The first kappa shape index (κ1) is 20.0. The number of benzene rings is 2. The van der Waals surface area contributed by atoms with Gasteiger partial charge in [-0.1, -0.05) is 61.2 Å². The number of ketones is 1. The SMILES string of the molecule is CCc1ccc(C2C3=C(CCCC3=O)Nc3nc(SCc4ccccc4F)nn32)cc1. The summed E-state index contributed by atoms with van der Waals surface area (Å²) < 4.78 is 15.8. The number of anilines is 1. The lowest BCUT2D eigenvalue weighted by Crippen LogP contribution is -2.31. The Kier molecular flexibility index (Phi) is 5.36. The van der Waals surface area contributed by atoms with Crippen molar-refractivity contribution in [2.75, 3.05) is 5.32 Å². The van der Waals surface area contributed by atoms with Crippen LogP contribution >= 0.6 is 11.8 Å². The number of aromatic nitrogens is 3. The molecule has 2 aromatic carbocycles. The fourth-order valence-corrected chi connectivity index (χ4v) is 5.01. The molecule has 5 nitrogen and oxygen atoms in total. The van der Waals surface area contributed by atoms with Gasteiger partial charge in [0.05, 0.1) is 0 Å². The molecule has 2 heterocycles. The average Bonchev–Trinajstić information content (AvgIpc) is 3.20. The Hall–Kier alpha value is -2.93. The molecule has 158 valence electrons. The maximum Gasteiger partial charge on any atom is 0.227 e. The summed E-state index contributed by atoms with van der Waals surface area (Å²) in [4.78, 5) is 17.6. The third-order valence-electron chi connectivity index (χ3n) is 5.87. The molecule has 3 aromatic rings. The average molecular weight is 435 g/mol. The lowest BCUT2D eigenvalue weighted by Gasteiger charge is -2.32. The van der Waals surface area contributed by atoms with Gasteiger partial charge in [0.25, 0.3) is 0 Å². The normalized spacial score (nSPS) is 17.9. The molecule has 7 heteroatoms. The molecule has 1 atom stereocenters. The summed E-state index contributed by atoms with van der Waals surface area (Å²) in [5.41, 5.74) is 4.64. The first-order chi connectivity index (χ1) is 15.1. The van der Waals surface area contributed by atoms with E-state index < -0.39 is 0 Å². The van der Waals surface area contributed by atoms with E-state index in [1.54, 1.807) is 12.1 Å². The van der Waals surface area contributed by atoms with Crippen LogP contribution in [0.15, 0.2) is 65.0 Å². The number of Topliss-reactive ketones (excluding diaryl/α,β-unsaturated/α-hetero) is 1. The molecule has 0 amide bonds. The highest BCUT2D eigenvalue weighted by Crippen LogP contribution is 2.40. The topological polar surface area (TPSA) is 59.8 Å². The number of allylic oxidation sites excluding steroid dienone is 2. The minimum atomic E-state index is -0.291. The second-order valence-electron chi connectivity index (χ2n) is 7.83. The Morgan fingerprint density at radius 3 is 2.74 bits per heavy atom. The quantitative estimate of drug-likeness (QED) is 0.553. The fraction of sp³-hybridized carbons (Fsp3) is 0.292. The molecule has 1 aliphatic carbocycles. The van der Waals surface area contributed by atoms with Crippen molar-refractivity contribution in [1.82, 2.24) is 14.8 Å². The van der Waals surface area contributed by atoms with E-state index in [0.29, 0.717) is 28.8 Å². The van der Waals surface area contributed by atoms with Gasteiger partial charge in [-0.15, -0.1) is 5.10 Å². The van der Waals surface area contributed by atoms with Gasteiger partial charge in [0.15, 0.2) is 5.78 Å². The van der Waals surface area contributed by atoms with Crippen LogP contribution in [0.2, 0.25) is 0 Å². The summed E-state index contributed by atoms with van der Waals surface area (Å²) in [5.74, 6) is 1.01. The number of halogens is 1. The van der Waals surface area contributed by atoms with Crippen molar-refractivity contribution >= 4 is 23.5 Å². The molecule has 1 aliphatic heterocycles. The Morgan fingerprint density at radius 2 is 1.97 bits per heavy atom. The van der Waals surface area contributed by atoms with Crippen molar-refractivity contribution in [2.45, 2.75) is 49.6 Å². The van der Waals surface area contributed by atoms with Crippen molar-refractivity contribution in [2.24, 2.45) is 0 Å². The van der Waals surface area contributed by atoms with E-state index in [1.165, 1.54) is 23.4 Å². The summed E-state index contributed by atoms with van der Waals surface area (Å²) in [7, 11) is 0. The molecule has 0 spiro atoms. The number of hydrogen-bond acceptors (Lipinski definition) is 5. The third kappa shape index (κ3) is 3.78. The second-order valence-corrected chi connectivity index (χ2v) is 8.78. The maximum absolute atomic E-state index is 14.0. The highest BCUT2D eigenvalue weighted by molar-refractivity contribution is 7.98. The fourth-order valence-electron chi connectivity index (χ4n) is 4.20. The standard InChI is InChI=1S/C24H23FN4OS/c1-2-15-10-12-16(13-11-15)22-21-19(8-5-9-20(21)30)26-23-27-24(28-29(22)23)31-14-17-6-3-4-7-18(17)25/h3-4,6-7,10-13,22H,2,5,8-9,14H2,1H3,(H,26,27,28). The number of hydrogen-bond donors (Lipinski definition) is 1. The maximum atomic E-state index is 14.0. The smallest absolute Gasteiger partial charge is 0.227 e.